The fourth-order valence-corrected chi connectivity index (χ4v) is 1.93. The molecule has 16 heavy (non-hydrogen) atoms. The Kier molecular flexibility index (Phi) is 5.50. The number of halogens is 1. The normalized spacial score (nSPS) is 15.6. The van der Waals surface area contributed by atoms with Gasteiger partial charge in [0.1, 0.15) is 0 Å². The van der Waals surface area contributed by atoms with Gasteiger partial charge in [0.25, 0.3) is 0 Å². The number of hydrogen-bond acceptors (Lipinski definition) is 1. The second-order valence-corrected chi connectivity index (χ2v) is 4.89. The molecule has 0 bridgehead atoms. The number of hydrogen-bond donors (Lipinski definition) is 1. The zero-order chi connectivity index (χ0) is 12.0. The van der Waals surface area contributed by atoms with E-state index in [1.807, 2.05) is 43.3 Å². The van der Waals surface area contributed by atoms with Crippen LogP contribution in [-0.4, -0.2) is 11.2 Å². The van der Waals surface area contributed by atoms with E-state index < -0.39 is 0 Å². The standard InChI is InChI=1S/C14H17BrO/c1-3-11(2)14(16)10-13(15)9-12-7-5-4-6-8-12/h3-9,11,14,16H,1,10H2,2H3/b13-9-/t11-,14-/m1/s1. The summed E-state index contributed by atoms with van der Waals surface area (Å²) in [6.45, 7) is 5.64. The van der Waals surface area contributed by atoms with E-state index in [9.17, 15) is 5.11 Å². The molecule has 0 aromatic heterocycles. The van der Waals surface area contributed by atoms with Gasteiger partial charge in [0.05, 0.1) is 6.10 Å². The molecule has 1 rings (SSSR count). The Labute approximate surface area is 106 Å². The van der Waals surface area contributed by atoms with Crippen LogP contribution in [0.2, 0.25) is 0 Å². The Bertz CT molecular complexity index is 356. The third kappa shape index (κ3) is 4.33. The van der Waals surface area contributed by atoms with Crippen LogP contribution in [0.3, 0.4) is 0 Å². The fourth-order valence-electron chi connectivity index (χ4n) is 1.33. The average Bonchev–Trinajstić information content (AvgIpc) is 2.29. The monoisotopic (exact) mass is 280 g/mol. The Morgan fingerprint density at radius 2 is 2.06 bits per heavy atom. The average molecular weight is 281 g/mol. The van der Waals surface area contributed by atoms with Crippen molar-refractivity contribution in [2.24, 2.45) is 5.92 Å². The lowest BCUT2D eigenvalue weighted by molar-refractivity contribution is 0.140. The van der Waals surface area contributed by atoms with Gasteiger partial charge >= 0.3 is 0 Å². The van der Waals surface area contributed by atoms with Crippen molar-refractivity contribution in [3.05, 3.63) is 53.0 Å². The first-order valence-corrected chi connectivity index (χ1v) is 6.14. The van der Waals surface area contributed by atoms with E-state index in [4.69, 9.17) is 0 Å². The van der Waals surface area contributed by atoms with Gasteiger partial charge in [-0.1, -0.05) is 59.3 Å². The minimum absolute atomic E-state index is 0.108. The van der Waals surface area contributed by atoms with E-state index in [-0.39, 0.29) is 12.0 Å². The van der Waals surface area contributed by atoms with Gasteiger partial charge in [0.15, 0.2) is 0 Å². The Morgan fingerprint density at radius 3 is 2.62 bits per heavy atom. The highest BCUT2D eigenvalue weighted by Crippen LogP contribution is 2.21. The summed E-state index contributed by atoms with van der Waals surface area (Å²) in [4.78, 5) is 0. The van der Waals surface area contributed by atoms with Crippen LogP contribution in [0, 0.1) is 5.92 Å². The third-order valence-corrected chi connectivity index (χ3v) is 3.06. The predicted molar refractivity (Wildman–Crippen MR) is 73.3 cm³/mol. The van der Waals surface area contributed by atoms with E-state index in [1.54, 1.807) is 6.08 Å². The van der Waals surface area contributed by atoms with Gasteiger partial charge in [0, 0.05) is 12.3 Å². The summed E-state index contributed by atoms with van der Waals surface area (Å²) >= 11 is 3.48. The van der Waals surface area contributed by atoms with Crippen molar-refractivity contribution < 1.29 is 5.11 Å². The summed E-state index contributed by atoms with van der Waals surface area (Å²) in [5.74, 6) is 0.108. The van der Waals surface area contributed by atoms with Crippen LogP contribution in [-0.2, 0) is 0 Å². The van der Waals surface area contributed by atoms with Crippen LogP contribution in [0.1, 0.15) is 18.9 Å². The molecule has 0 fully saturated rings. The molecule has 1 nitrogen and oxygen atoms in total. The molecular weight excluding hydrogens is 264 g/mol. The van der Waals surface area contributed by atoms with Gasteiger partial charge in [0.2, 0.25) is 0 Å². The SMILES string of the molecule is C=C[C@@H](C)[C@H](O)C/C(Br)=C/c1ccccc1. The Morgan fingerprint density at radius 1 is 1.44 bits per heavy atom. The van der Waals surface area contributed by atoms with E-state index in [0.29, 0.717) is 6.42 Å². The third-order valence-electron chi connectivity index (χ3n) is 2.51. The van der Waals surface area contributed by atoms with Crippen molar-refractivity contribution in [2.45, 2.75) is 19.4 Å². The molecule has 2 atom stereocenters. The van der Waals surface area contributed by atoms with Gasteiger partial charge in [-0.15, -0.1) is 6.58 Å². The molecule has 0 aliphatic rings. The fraction of sp³-hybridized carbons (Fsp3) is 0.286. The molecule has 0 saturated carbocycles. The molecule has 0 aliphatic carbocycles. The molecule has 0 radical (unpaired) electrons. The summed E-state index contributed by atoms with van der Waals surface area (Å²) in [5.41, 5.74) is 1.13. The molecular formula is C14H17BrO. The van der Waals surface area contributed by atoms with E-state index >= 15 is 0 Å². The van der Waals surface area contributed by atoms with E-state index in [1.165, 1.54) is 0 Å². The maximum absolute atomic E-state index is 9.82. The second kappa shape index (κ2) is 6.66. The lowest BCUT2D eigenvalue weighted by atomic mass is 10.0. The van der Waals surface area contributed by atoms with Crippen molar-refractivity contribution in [3.63, 3.8) is 0 Å². The molecule has 2 heteroatoms. The van der Waals surface area contributed by atoms with Gasteiger partial charge in [-0.3, -0.25) is 0 Å². The van der Waals surface area contributed by atoms with E-state index in [2.05, 4.69) is 22.5 Å². The highest BCUT2D eigenvalue weighted by molar-refractivity contribution is 9.11. The maximum Gasteiger partial charge on any atom is 0.0645 e. The van der Waals surface area contributed by atoms with Crippen molar-refractivity contribution in [1.82, 2.24) is 0 Å². The van der Waals surface area contributed by atoms with Crippen LogP contribution < -0.4 is 0 Å². The number of benzene rings is 1. The summed E-state index contributed by atoms with van der Waals surface area (Å²) in [6.07, 6.45) is 4.03. The summed E-state index contributed by atoms with van der Waals surface area (Å²) in [5, 5.41) is 9.82. The molecule has 1 N–H and O–H groups in total. The molecule has 0 unspecified atom stereocenters. The van der Waals surface area contributed by atoms with Crippen molar-refractivity contribution in [3.8, 4) is 0 Å². The molecule has 86 valence electrons. The molecule has 0 aliphatic heterocycles. The van der Waals surface area contributed by atoms with Crippen LogP contribution >= 0.6 is 15.9 Å². The Balaban J connectivity index is 2.62. The quantitative estimate of drug-likeness (QED) is 0.809. The van der Waals surface area contributed by atoms with Crippen molar-refractivity contribution in [1.29, 1.82) is 0 Å². The minimum atomic E-state index is -0.383. The predicted octanol–water partition coefficient (Wildman–Crippen LogP) is 4.00. The molecule has 1 aromatic rings. The smallest absolute Gasteiger partial charge is 0.0645 e. The second-order valence-electron chi connectivity index (χ2n) is 3.87. The van der Waals surface area contributed by atoms with Gasteiger partial charge < -0.3 is 5.11 Å². The number of aliphatic hydroxyl groups is 1. The maximum atomic E-state index is 9.82. The first-order valence-electron chi connectivity index (χ1n) is 5.35. The highest BCUT2D eigenvalue weighted by atomic mass is 79.9. The van der Waals surface area contributed by atoms with Crippen LogP contribution in [0.5, 0.6) is 0 Å². The lowest BCUT2D eigenvalue weighted by Crippen LogP contribution is -2.15. The van der Waals surface area contributed by atoms with Gasteiger partial charge in [-0.25, -0.2) is 0 Å². The zero-order valence-electron chi connectivity index (χ0n) is 9.44. The highest BCUT2D eigenvalue weighted by Gasteiger charge is 2.11. The molecule has 0 saturated heterocycles. The topological polar surface area (TPSA) is 20.2 Å². The van der Waals surface area contributed by atoms with Gasteiger partial charge in [-0.05, 0) is 16.1 Å². The molecule has 0 amide bonds. The van der Waals surface area contributed by atoms with E-state index in [0.717, 1.165) is 10.0 Å². The first-order chi connectivity index (χ1) is 7.63. The summed E-state index contributed by atoms with van der Waals surface area (Å²) in [7, 11) is 0. The summed E-state index contributed by atoms with van der Waals surface area (Å²) in [6, 6.07) is 10.0. The largest absolute Gasteiger partial charge is 0.392 e. The van der Waals surface area contributed by atoms with Crippen LogP contribution in [0.25, 0.3) is 6.08 Å². The van der Waals surface area contributed by atoms with Crippen LogP contribution in [0.15, 0.2) is 47.5 Å². The lowest BCUT2D eigenvalue weighted by Gasteiger charge is -2.14. The zero-order valence-corrected chi connectivity index (χ0v) is 11.0. The van der Waals surface area contributed by atoms with Crippen molar-refractivity contribution >= 4 is 22.0 Å². The molecule has 0 heterocycles. The minimum Gasteiger partial charge on any atom is -0.392 e. The van der Waals surface area contributed by atoms with Gasteiger partial charge in [-0.2, -0.15) is 0 Å². The first kappa shape index (κ1) is 13.2. The van der Waals surface area contributed by atoms with Crippen molar-refractivity contribution in [2.75, 3.05) is 0 Å². The molecule has 1 aromatic carbocycles. The Hall–Kier alpha value is -0.860. The number of aliphatic hydroxyl groups excluding tert-OH is 1. The number of rotatable bonds is 5. The summed E-state index contributed by atoms with van der Waals surface area (Å²) < 4.78 is 1.000. The van der Waals surface area contributed by atoms with Crippen LogP contribution in [0.4, 0.5) is 0 Å². The molecule has 0 spiro atoms.